The highest BCUT2D eigenvalue weighted by molar-refractivity contribution is 9.10. The van der Waals surface area contributed by atoms with Gasteiger partial charge >= 0.3 is 6.09 Å². The van der Waals surface area contributed by atoms with Gasteiger partial charge in [0.25, 0.3) is 0 Å². The fourth-order valence-electron chi connectivity index (χ4n) is 3.22. The maximum absolute atomic E-state index is 13.1. The first kappa shape index (κ1) is 23.0. The van der Waals surface area contributed by atoms with Gasteiger partial charge in [-0.2, -0.15) is 0 Å². The molecule has 3 aromatic rings. The minimum absolute atomic E-state index is 0.197. The van der Waals surface area contributed by atoms with E-state index in [2.05, 4.69) is 29.8 Å². The number of carbonyl (C=O) groups excluding carboxylic acids is 1. The molecule has 0 saturated heterocycles. The van der Waals surface area contributed by atoms with Gasteiger partial charge in [-0.1, -0.05) is 67.0 Å². The molecule has 1 aromatic heterocycles. The summed E-state index contributed by atoms with van der Waals surface area (Å²) in [6.45, 7) is 6.94. The number of rotatable bonds is 8. The standard InChI is InChI=1S/C24H28BrN3O3/c1-5-20-19-13-18(25)14-21(30-4)22(19)27-23(26-20)28(12-11-16(2)3)24(29)31-15-17-9-7-6-8-10-17/h6-10,13-14,16H,5,11-12,15H2,1-4H3. The normalized spacial score (nSPS) is 11.0. The first-order valence-corrected chi connectivity index (χ1v) is 11.2. The molecule has 0 N–H and O–H groups in total. The molecule has 2 aromatic carbocycles. The summed E-state index contributed by atoms with van der Waals surface area (Å²) < 4.78 is 12.0. The molecular weight excluding hydrogens is 458 g/mol. The SMILES string of the molecule is CCc1nc(N(CCC(C)C)C(=O)OCc2ccccc2)nc2c(OC)cc(Br)cc12. The first-order valence-electron chi connectivity index (χ1n) is 10.4. The number of ether oxygens (including phenoxy) is 2. The minimum Gasteiger partial charge on any atom is -0.494 e. The lowest BCUT2D eigenvalue weighted by Gasteiger charge is -2.22. The maximum Gasteiger partial charge on any atom is 0.417 e. The highest BCUT2D eigenvalue weighted by atomic mass is 79.9. The molecule has 1 heterocycles. The second kappa shape index (κ2) is 10.6. The summed E-state index contributed by atoms with van der Waals surface area (Å²) >= 11 is 3.52. The number of hydrogen-bond acceptors (Lipinski definition) is 5. The first-order chi connectivity index (χ1) is 14.9. The monoisotopic (exact) mass is 485 g/mol. The van der Waals surface area contributed by atoms with E-state index < -0.39 is 6.09 Å². The second-order valence-corrected chi connectivity index (χ2v) is 8.62. The van der Waals surface area contributed by atoms with Gasteiger partial charge in [0.2, 0.25) is 5.95 Å². The third-order valence-corrected chi connectivity index (χ3v) is 5.41. The van der Waals surface area contributed by atoms with E-state index in [1.54, 1.807) is 7.11 Å². The van der Waals surface area contributed by atoms with Crippen LogP contribution in [0.4, 0.5) is 10.7 Å². The number of aromatic nitrogens is 2. The van der Waals surface area contributed by atoms with Gasteiger partial charge in [-0.15, -0.1) is 0 Å². The van der Waals surface area contributed by atoms with Crippen LogP contribution < -0.4 is 9.64 Å². The molecule has 0 fully saturated rings. The summed E-state index contributed by atoms with van der Waals surface area (Å²) in [5, 5.41) is 0.902. The second-order valence-electron chi connectivity index (χ2n) is 7.70. The number of amides is 1. The summed E-state index contributed by atoms with van der Waals surface area (Å²) in [6.07, 6.45) is 1.05. The van der Waals surface area contributed by atoms with Crippen molar-refractivity contribution in [2.45, 2.75) is 40.2 Å². The van der Waals surface area contributed by atoms with E-state index in [0.29, 0.717) is 36.1 Å². The number of carbonyl (C=O) groups is 1. The van der Waals surface area contributed by atoms with E-state index in [4.69, 9.17) is 19.4 Å². The van der Waals surface area contributed by atoms with Crippen molar-refractivity contribution in [1.29, 1.82) is 0 Å². The van der Waals surface area contributed by atoms with Gasteiger partial charge < -0.3 is 9.47 Å². The van der Waals surface area contributed by atoms with Crippen LogP contribution in [0.2, 0.25) is 0 Å². The Morgan fingerprint density at radius 2 is 1.90 bits per heavy atom. The molecule has 7 heteroatoms. The van der Waals surface area contributed by atoms with Crippen LogP contribution in [0, 0.1) is 5.92 Å². The molecule has 0 atom stereocenters. The van der Waals surface area contributed by atoms with Crippen LogP contribution in [0.3, 0.4) is 0 Å². The van der Waals surface area contributed by atoms with Gasteiger partial charge in [0.1, 0.15) is 17.9 Å². The Balaban J connectivity index is 1.99. The van der Waals surface area contributed by atoms with Crippen molar-refractivity contribution in [2.75, 3.05) is 18.6 Å². The molecule has 31 heavy (non-hydrogen) atoms. The highest BCUT2D eigenvalue weighted by Gasteiger charge is 2.23. The van der Waals surface area contributed by atoms with Crippen molar-refractivity contribution in [3.05, 3.63) is 58.2 Å². The third kappa shape index (κ3) is 5.73. The Bertz CT molecular complexity index is 1040. The smallest absolute Gasteiger partial charge is 0.417 e. The third-order valence-electron chi connectivity index (χ3n) is 4.95. The van der Waals surface area contributed by atoms with E-state index in [9.17, 15) is 4.79 Å². The molecule has 0 bridgehead atoms. The van der Waals surface area contributed by atoms with Crippen molar-refractivity contribution in [2.24, 2.45) is 5.92 Å². The molecule has 0 spiro atoms. The predicted octanol–water partition coefficient (Wildman–Crippen LogP) is 6.15. The van der Waals surface area contributed by atoms with Gasteiger partial charge in [-0.3, -0.25) is 0 Å². The van der Waals surface area contributed by atoms with Crippen LogP contribution in [-0.2, 0) is 17.8 Å². The van der Waals surface area contributed by atoms with Gasteiger partial charge in [0, 0.05) is 16.4 Å². The summed E-state index contributed by atoms with van der Waals surface area (Å²) in [6, 6.07) is 13.5. The molecule has 1 amide bonds. The van der Waals surface area contributed by atoms with E-state index in [1.807, 2.05) is 49.4 Å². The van der Waals surface area contributed by atoms with Crippen molar-refractivity contribution in [3.8, 4) is 5.75 Å². The van der Waals surface area contributed by atoms with Gasteiger partial charge in [0.15, 0.2) is 0 Å². The lowest BCUT2D eigenvalue weighted by atomic mass is 10.1. The van der Waals surface area contributed by atoms with Gasteiger partial charge in [-0.05, 0) is 36.5 Å². The van der Waals surface area contributed by atoms with Crippen LogP contribution in [0.15, 0.2) is 46.9 Å². The molecule has 6 nitrogen and oxygen atoms in total. The molecule has 0 aliphatic heterocycles. The van der Waals surface area contributed by atoms with Crippen LogP contribution >= 0.6 is 15.9 Å². The van der Waals surface area contributed by atoms with E-state index in [1.165, 1.54) is 4.90 Å². The van der Waals surface area contributed by atoms with Crippen LogP contribution in [-0.4, -0.2) is 29.7 Å². The predicted molar refractivity (Wildman–Crippen MR) is 127 cm³/mol. The van der Waals surface area contributed by atoms with Crippen molar-refractivity contribution in [1.82, 2.24) is 9.97 Å². The Kier molecular flexibility index (Phi) is 7.85. The molecular formula is C24H28BrN3O3. The van der Waals surface area contributed by atoms with E-state index >= 15 is 0 Å². The van der Waals surface area contributed by atoms with E-state index in [0.717, 1.165) is 27.5 Å². The summed E-state index contributed by atoms with van der Waals surface area (Å²) in [7, 11) is 1.61. The van der Waals surface area contributed by atoms with Crippen LogP contribution in [0.1, 0.15) is 38.4 Å². The van der Waals surface area contributed by atoms with Crippen molar-refractivity contribution in [3.63, 3.8) is 0 Å². The number of halogens is 1. The lowest BCUT2D eigenvalue weighted by molar-refractivity contribution is 0.146. The lowest BCUT2D eigenvalue weighted by Crippen LogP contribution is -2.34. The molecule has 0 saturated carbocycles. The zero-order valence-electron chi connectivity index (χ0n) is 18.4. The molecule has 0 aliphatic rings. The average molecular weight is 486 g/mol. The number of anilines is 1. The molecule has 0 unspecified atom stereocenters. The average Bonchev–Trinajstić information content (AvgIpc) is 2.77. The highest BCUT2D eigenvalue weighted by Crippen LogP contribution is 2.32. The fraction of sp³-hybridized carbons (Fsp3) is 0.375. The summed E-state index contributed by atoms with van der Waals surface area (Å²) in [5.41, 5.74) is 2.46. The number of nitrogens with zero attached hydrogens (tertiary/aromatic N) is 3. The number of hydrogen-bond donors (Lipinski definition) is 0. The van der Waals surface area contributed by atoms with Gasteiger partial charge in [-0.25, -0.2) is 19.7 Å². The topological polar surface area (TPSA) is 64.6 Å². The Hall–Kier alpha value is -2.67. The zero-order chi connectivity index (χ0) is 22.4. The van der Waals surface area contributed by atoms with Crippen molar-refractivity contribution >= 4 is 38.9 Å². The zero-order valence-corrected chi connectivity index (χ0v) is 20.0. The maximum atomic E-state index is 13.1. The number of fused-ring (bicyclic) bond motifs is 1. The van der Waals surface area contributed by atoms with Crippen LogP contribution in [0.5, 0.6) is 5.75 Å². The molecule has 0 aliphatic carbocycles. The van der Waals surface area contributed by atoms with Crippen molar-refractivity contribution < 1.29 is 14.3 Å². The largest absolute Gasteiger partial charge is 0.494 e. The molecule has 3 rings (SSSR count). The quantitative estimate of drug-likeness (QED) is 0.382. The Morgan fingerprint density at radius 1 is 1.16 bits per heavy atom. The van der Waals surface area contributed by atoms with Gasteiger partial charge in [0.05, 0.1) is 12.8 Å². The number of aryl methyl sites for hydroxylation is 1. The van der Waals surface area contributed by atoms with Crippen LogP contribution in [0.25, 0.3) is 10.9 Å². The number of benzene rings is 2. The summed E-state index contributed by atoms with van der Waals surface area (Å²) in [4.78, 5) is 24.0. The van der Waals surface area contributed by atoms with E-state index in [-0.39, 0.29) is 6.61 Å². The minimum atomic E-state index is -0.456. The Morgan fingerprint density at radius 3 is 2.55 bits per heavy atom. The fourth-order valence-corrected chi connectivity index (χ4v) is 3.66. The summed E-state index contributed by atoms with van der Waals surface area (Å²) in [5.74, 6) is 1.38. The Labute approximate surface area is 191 Å². The number of methoxy groups -OCH3 is 1. The molecule has 0 radical (unpaired) electrons. The molecule has 164 valence electrons.